The minimum atomic E-state index is -0.298. The lowest BCUT2D eigenvalue weighted by Gasteiger charge is -2.20. The van der Waals surface area contributed by atoms with Crippen LogP contribution in [0.5, 0.6) is 11.5 Å². The Balaban J connectivity index is 1.95. The molecule has 1 aromatic heterocycles. The van der Waals surface area contributed by atoms with Gasteiger partial charge in [0.25, 0.3) is 0 Å². The first-order valence-corrected chi connectivity index (χ1v) is 9.98. The molecule has 1 aliphatic carbocycles. The molecule has 1 atom stereocenters. The Labute approximate surface area is 176 Å². The van der Waals surface area contributed by atoms with Crippen molar-refractivity contribution < 1.29 is 9.47 Å². The van der Waals surface area contributed by atoms with Gasteiger partial charge in [0, 0.05) is 29.8 Å². The Kier molecular flexibility index (Phi) is 4.80. The van der Waals surface area contributed by atoms with Crippen LogP contribution >= 0.6 is 0 Å². The van der Waals surface area contributed by atoms with Crippen LogP contribution in [-0.2, 0) is 7.05 Å². The summed E-state index contributed by atoms with van der Waals surface area (Å²) in [5, 5.41) is 3.56. The number of hydrogen-bond donors (Lipinski definition) is 1. The number of methoxy groups -OCH3 is 2. The lowest BCUT2D eigenvalue weighted by molar-refractivity contribution is 0.354. The molecule has 0 saturated carbocycles. The number of ether oxygens (including phenoxy) is 2. The molecule has 1 aliphatic rings. The molecule has 0 spiro atoms. The van der Waals surface area contributed by atoms with E-state index < -0.39 is 0 Å². The number of nitrogens with one attached hydrogen (secondary N) is 1. The number of rotatable bonds is 4. The molecule has 3 aromatic rings. The molecule has 1 N–H and O–H groups in total. The number of anilines is 2. The van der Waals surface area contributed by atoms with Crippen molar-refractivity contribution in [1.29, 1.82) is 0 Å². The summed E-state index contributed by atoms with van der Waals surface area (Å²) < 4.78 is 12.6. The molecule has 0 fully saturated rings. The highest BCUT2D eigenvalue weighted by Gasteiger charge is 2.33. The minimum Gasteiger partial charge on any atom is -0.493 e. The maximum Gasteiger partial charge on any atom is 0.349 e. The van der Waals surface area contributed by atoms with Crippen LogP contribution in [0.25, 0.3) is 11.3 Å². The molecule has 1 heterocycles. The highest BCUT2D eigenvalue weighted by molar-refractivity contribution is 5.83. The molecule has 156 valence electrons. The number of benzene rings is 2. The number of nitrogens with zero attached hydrogens (tertiary/aromatic N) is 2. The molecule has 6 heteroatoms. The highest BCUT2D eigenvalue weighted by atomic mass is 16.5. The first kappa shape index (κ1) is 20.0. The summed E-state index contributed by atoms with van der Waals surface area (Å²) in [5.74, 6) is 2.10. The van der Waals surface area contributed by atoms with E-state index in [1.165, 1.54) is 5.56 Å². The number of aromatic nitrogens is 2. The second-order valence-electron chi connectivity index (χ2n) is 7.98. The van der Waals surface area contributed by atoms with Gasteiger partial charge in [-0.2, -0.15) is 4.98 Å². The quantitative estimate of drug-likeness (QED) is 0.687. The van der Waals surface area contributed by atoms with Crippen molar-refractivity contribution in [2.24, 2.45) is 7.05 Å². The molecule has 6 nitrogen and oxygen atoms in total. The van der Waals surface area contributed by atoms with Crippen LogP contribution in [0.15, 0.2) is 29.1 Å². The Morgan fingerprint density at radius 1 is 1.00 bits per heavy atom. The summed E-state index contributed by atoms with van der Waals surface area (Å²) in [6.45, 7) is 8.37. The largest absolute Gasteiger partial charge is 0.493 e. The smallest absolute Gasteiger partial charge is 0.349 e. The average molecular weight is 405 g/mol. The van der Waals surface area contributed by atoms with Gasteiger partial charge in [0.15, 0.2) is 11.5 Å². The molecule has 0 radical (unpaired) electrons. The summed E-state index contributed by atoms with van der Waals surface area (Å²) in [5.41, 5.74) is 7.89. The summed E-state index contributed by atoms with van der Waals surface area (Å²) in [6.07, 6.45) is 0. The first-order chi connectivity index (χ1) is 14.3. The van der Waals surface area contributed by atoms with Gasteiger partial charge in [-0.3, -0.25) is 4.57 Å². The van der Waals surface area contributed by atoms with E-state index in [1.807, 2.05) is 12.1 Å². The number of aryl methyl sites for hydroxylation is 3. The zero-order valence-electron chi connectivity index (χ0n) is 18.5. The van der Waals surface area contributed by atoms with Crippen LogP contribution in [0.1, 0.15) is 40.7 Å². The maximum absolute atomic E-state index is 12.8. The third-order valence-electron chi connectivity index (χ3n) is 5.97. The zero-order chi connectivity index (χ0) is 21.7. The van der Waals surface area contributed by atoms with Gasteiger partial charge in [-0.1, -0.05) is 24.6 Å². The Hall–Kier alpha value is -3.28. The van der Waals surface area contributed by atoms with E-state index in [4.69, 9.17) is 9.47 Å². The molecule has 4 rings (SSSR count). The van der Waals surface area contributed by atoms with Crippen molar-refractivity contribution in [3.05, 3.63) is 62.6 Å². The number of fused-ring (bicyclic) bond motifs is 3. The van der Waals surface area contributed by atoms with Crippen LogP contribution in [0.2, 0.25) is 0 Å². The van der Waals surface area contributed by atoms with Gasteiger partial charge in [-0.05, 0) is 49.6 Å². The zero-order valence-corrected chi connectivity index (χ0v) is 18.5. The van der Waals surface area contributed by atoms with E-state index in [9.17, 15) is 4.79 Å². The second kappa shape index (κ2) is 7.20. The summed E-state index contributed by atoms with van der Waals surface area (Å²) in [7, 11) is 4.99. The van der Waals surface area contributed by atoms with E-state index in [0.29, 0.717) is 17.2 Å². The topological polar surface area (TPSA) is 65.4 Å². The van der Waals surface area contributed by atoms with Gasteiger partial charge in [0.1, 0.15) is 5.82 Å². The fourth-order valence-electron chi connectivity index (χ4n) is 4.50. The fraction of sp³-hybridized carbons (Fsp3) is 0.333. The Morgan fingerprint density at radius 3 is 2.20 bits per heavy atom. The van der Waals surface area contributed by atoms with Gasteiger partial charge in [-0.15, -0.1) is 0 Å². The standard InChI is InChI=1S/C24H27N3O3/c1-12-8-13(2)21(14(3)9-12)25-23-20-15(4)16-10-18(29-6)19(30-7)11-17(16)22(20)26-24(28)27(23)5/h8-11,15,25H,1-7H3. The van der Waals surface area contributed by atoms with E-state index in [-0.39, 0.29) is 11.6 Å². The predicted molar refractivity (Wildman–Crippen MR) is 119 cm³/mol. The minimum absolute atomic E-state index is 0.0441. The molecule has 0 aliphatic heterocycles. The molecule has 0 saturated heterocycles. The van der Waals surface area contributed by atoms with Crippen LogP contribution < -0.4 is 20.5 Å². The van der Waals surface area contributed by atoms with Crippen LogP contribution in [0.3, 0.4) is 0 Å². The van der Waals surface area contributed by atoms with Gasteiger partial charge < -0.3 is 14.8 Å². The summed E-state index contributed by atoms with van der Waals surface area (Å²) >= 11 is 0. The van der Waals surface area contributed by atoms with Crippen LogP contribution in [0, 0.1) is 20.8 Å². The van der Waals surface area contributed by atoms with Crippen LogP contribution in [0.4, 0.5) is 11.5 Å². The van der Waals surface area contributed by atoms with E-state index in [0.717, 1.165) is 39.3 Å². The summed E-state index contributed by atoms with van der Waals surface area (Å²) in [4.78, 5) is 17.2. The van der Waals surface area contributed by atoms with Crippen molar-refractivity contribution in [2.75, 3.05) is 19.5 Å². The SMILES string of the molecule is COc1cc2c(cc1OC)C(C)c1c-2nc(=O)n(C)c1Nc1c(C)cc(C)cc1C. The van der Waals surface area contributed by atoms with Gasteiger partial charge in [-0.25, -0.2) is 4.79 Å². The van der Waals surface area contributed by atoms with Crippen molar-refractivity contribution in [1.82, 2.24) is 9.55 Å². The van der Waals surface area contributed by atoms with Crippen molar-refractivity contribution >= 4 is 11.5 Å². The molecule has 0 amide bonds. The highest BCUT2D eigenvalue weighted by Crippen LogP contribution is 2.50. The van der Waals surface area contributed by atoms with E-state index in [1.54, 1.807) is 25.8 Å². The molecule has 2 aromatic carbocycles. The van der Waals surface area contributed by atoms with Gasteiger partial charge in [0.05, 0.1) is 19.9 Å². The predicted octanol–water partition coefficient (Wildman–Crippen LogP) is 4.60. The first-order valence-electron chi connectivity index (χ1n) is 9.98. The third-order valence-corrected chi connectivity index (χ3v) is 5.97. The lowest BCUT2D eigenvalue weighted by Crippen LogP contribution is -2.24. The Morgan fingerprint density at radius 2 is 1.60 bits per heavy atom. The van der Waals surface area contributed by atoms with Crippen molar-refractivity contribution in [3.63, 3.8) is 0 Å². The van der Waals surface area contributed by atoms with Crippen molar-refractivity contribution in [3.8, 4) is 22.8 Å². The van der Waals surface area contributed by atoms with E-state index >= 15 is 0 Å². The molecule has 0 bridgehead atoms. The summed E-state index contributed by atoms with van der Waals surface area (Å²) in [6, 6.07) is 8.18. The molecule has 1 unspecified atom stereocenters. The molecular formula is C24H27N3O3. The molecule has 30 heavy (non-hydrogen) atoms. The van der Waals surface area contributed by atoms with E-state index in [2.05, 4.69) is 50.1 Å². The van der Waals surface area contributed by atoms with Crippen LogP contribution in [-0.4, -0.2) is 23.8 Å². The maximum atomic E-state index is 12.8. The number of hydrogen-bond acceptors (Lipinski definition) is 5. The monoisotopic (exact) mass is 405 g/mol. The molecular weight excluding hydrogens is 378 g/mol. The third kappa shape index (κ3) is 2.95. The lowest BCUT2D eigenvalue weighted by atomic mass is 9.98. The normalized spacial score (nSPS) is 14.3. The average Bonchev–Trinajstić information content (AvgIpc) is 2.97. The second-order valence-corrected chi connectivity index (χ2v) is 7.98. The van der Waals surface area contributed by atoms with Gasteiger partial charge in [0.2, 0.25) is 0 Å². The van der Waals surface area contributed by atoms with Gasteiger partial charge >= 0.3 is 5.69 Å². The fourth-order valence-corrected chi connectivity index (χ4v) is 4.50. The van der Waals surface area contributed by atoms with Crippen molar-refractivity contribution in [2.45, 2.75) is 33.6 Å². The Bertz CT molecular complexity index is 1200.